The van der Waals surface area contributed by atoms with Gasteiger partial charge in [-0.2, -0.15) is 8.62 Å². The van der Waals surface area contributed by atoms with Gasteiger partial charge in [0.2, 0.25) is 0 Å². The molecule has 3 rings (SSSR count). The van der Waals surface area contributed by atoms with Crippen LogP contribution in [0, 0.1) is 0 Å². The van der Waals surface area contributed by atoms with E-state index in [1.165, 1.54) is 0 Å². The fourth-order valence-electron chi connectivity index (χ4n) is 2.93. The molecule has 3 heterocycles. The summed E-state index contributed by atoms with van der Waals surface area (Å²) >= 11 is 0. The highest BCUT2D eigenvalue weighted by Crippen LogP contribution is 2.66. The number of halogens is 1. The SMILES string of the molecule is NC[C@]1(COP(=O)(O)OP(=O)(O)OP(=O)(O)O)O[C@@H](n2cnc3c(N)ncnc32)[C@H](F)[C@@H]1O. The van der Waals surface area contributed by atoms with E-state index >= 15 is 0 Å². The third kappa shape index (κ3) is 5.63. The average molecular weight is 538 g/mol. The van der Waals surface area contributed by atoms with E-state index in [0.29, 0.717) is 0 Å². The first-order valence-corrected chi connectivity index (χ1v) is 13.0. The molecule has 0 bridgehead atoms. The number of phosphoric ester groups is 1. The van der Waals surface area contributed by atoms with E-state index in [1.54, 1.807) is 0 Å². The summed E-state index contributed by atoms with van der Waals surface area (Å²) in [6, 6.07) is 0. The molecule has 33 heavy (non-hydrogen) atoms. The standard InChI is InChI=1S/C11H18FN6O12P3/c12-5-7(19)11(1-13,2-27-32(23,24)30-33(25,26)29-31(20,21)22)28-10(5)18-4-17-6-8(14)15-3-16-9(6)18/h3-5,7,10,19H,1-2,13H2,(H,23,24)(H,25,26)(H2,14,15,16)(H2,20,21,22)/t5-,7+,10-,11-/m1/s1. The first-order chi connectivity index (χ1) is 15.1. The molecular formula is C11H18FN6O12P3. The number of hydrogen-bond acceptors (Lipinski definition) is 13. The number of phosphoric acid groups is 3. The van der Waals surface area contributed by atoms with Crippen LogP contribution in [-0.4, -0.2) is 75.2 Å². The van der Waals surface area contributed by atoms with Gasteiger partial charge in [-0.3, -0.25) is 9.09 Å². The van der Waals surface area contributed by atoms with Gasteiger partial charge in [0.05, 0.1) is 12.9 Å². The summed E-state index contributed by atoms with van der Waals surface area (Å²) in [4.78, 5) is 47.5. The van der Waals surface area contributed by atoms with Crippen molar-refractivity contribution in [2.24, 2.45) is 5.73 Å². The van der Waals surface area contributed by atoms with Crippen LogP contribution >= 0.6 is 23.5 Å². The van der Waals surface area contributed by atoms with E-state index in [1.807, 2.05) is 0 Å². The highest BCUT2D eigenvalue weighted by atomic mass is 31.3. The molecule has 0 amide bonds. The highest BCUT2D eigenvalue weighted by Gasteiger charge is 2.57. The number of hydrogen-bond donors (Lipinski definition) is 7. The van der Waals surface area contributed by atoms with Crippen molar-refractivity contribution in [2.75, 3.05) is 18.9 Å². The molecule has 9 N–H and O–H groups in total. The molecule has 1 fully saturated rings. The Morgan fingerprint density at radius 3 is 2.42 bits per heavy atom. The smallest absolute Gasteiger partial charge is 0.387 e. The largest absolute Gasteiger partial charge is 0.490 e. The van der Waals surface area contributed by atoms with E-state index in [0.717, 1.165) is 17.2 Å². The van der Waals surface area contributed by atoms with E-state index < -0.39 is 60.7 Å². The number of fused-ring (bicyclic) bond motifs is 1. The molecule has 0 radical (unpaired) electrons. The van der Waals surface area contributed by atoms with Gasteiger partial charge in [0.25, 0.3) is 0 Å². The minimum absolute atomic E-state index is 0.0227. The Bertz CT molecular complexity index is 1180. The van der Waals surface area contributed by atoms with E-state index in [-0.39, 0.29) is 17.0 Å². The second-order valence-corrected chi connectivity index (χ2v) is 11.0. The van der Waals surface area contributed by atoms with Crippen LogP contribution in [0.25, 0.3) is 11.2 Å². The van der Waals surface area contributed by atoms with E-state index in [4.69, 9.17) is 26.0 Å². The number of aliphatic hydroxyl groups excluding tert-OH is 1. The molecule has 2 aromatic rings. The van der Waals surface area contributed by atoms with Crippen LogP contribution in [0.4, 0.5) is 10.2 Å². The van der Waals surface area contributed by atoms with Gasteiger partial charge in [-0.1, -0.05) is 0 Å². The molecule has 22 heteroatoms. The maximum atomic E-state index is 15.0. The van der Waals surface area contributed by atoms with Crippen LogP contribution in [-0.2, 0) is 31.6 Å². The number of alkyl halides is 1. The molecular weight excluding hydrogens is 520 g/mol. The number of aliphatic hydroxyl groups is 1. The topological polar surface area (TPSA) is 285 Å². The first-order valence-electron chi connectivity index (χ1n) is 8.51. The third-order valence-electron chi connectivity index (χ3n) is 4.36. The van der Waals surface area contributed by atoms with Crippen molar-refractivity contribution in [1.82, 2.24) is 19.5 Å². The van der Waals surface area contributed by atoms with Crippen LogP contribution < -0.4 is 11.5 Å². The summed E-state index contributed by atoms with van der Waals surface area (Å²) in [6.45, 7) is -1.86. The lowest BCUT2D eigenvalue weighted by Crippen LogP contribution is -2.51. The molecule has 18 nitrogen and oxygen atoms in total. The summed E-state index contributed by atoms with van der Waals surface area (Å²) in [7, 11) is -17.0. The zero-order valence-corrected chi connectivity index (χ0v) is 18.7. The van der Waals surface area contributed by atoms with Gasteiger partial charge in [-0.25, -0.2) is 33.0 Å². The van der Waals surface area contributed by atoms with Crippen molar-refractivity contribution in [2.45, 2.75) is 24.1 Å². The lowest BCUT2D eigenvalue weighted by atomic mass is 9.97. The molecule has 1 saturated heterocycles. The summed E-state index contributed by atoms with van der Waals surface area (Å²) in [5, 5.41) is 10.4. The Morgan fingerprint density at radius 1 is 1.15 bits per heavy atom. The average Bonchev–Trinajstić information content (AvgIpc) is 3.19. The number of nitrogen functional groups attached to an aromatic ring is 1. The second-order valence-electron chi connectivity index (χ2n) is 6.61. The maximum absolute atomic E-state index is 15.0. The van der Waals surface area contributed by atoms with Crippen molar-refractivity contribution in [3.8, 4) is 0 Å². The third-order valence-corrected chi connectivity index (χ3v) is 8.15. The van der Waals surface area contributed by atoms with Crippen molar-refractivity contribution < 1.29 is 60.6 Å². The van der Waals surface area contributed by atoms with Crippen molar-refractivity contribution in [3.05, 3.63) is 12.7 Å². The number of imidazole rings is 1. The molecule has 1 aliphatic rings. The molecule has 2 aromatic heterocycles. The number of nitrogens with zero attached hydrogens (tertiary/aromatic N) is 4. The Labute approximate surface area is 182 Å². The van der Waals surface area contributed by atoms with Gasteiger partial charge in [0.1, 0.15) is 23.5 Å². The van der Waals surface area contributed by atoms with Crippen LogP contribution in [0.3, 0.4) is 0 Å². The predicted molar refractivity (Wildman–Crippen MR) is 102 cm³/mol. The van der Waals surface area contributed by atoms with Gasteiger partial charge in [0, 0.05) is 6.54 Å². The molecule has 0 saturated carbocycles. The van der Waals surface area contributed by atoms with E-state index in [9.17, 15) is 33.0 Å². The number of rotatable bonds is 9. The summed E-state index contributed by atoms with van der Waals surface area (Å²) < 4.78 is 67.2. The van der Waals surface area contributed by atoms with Crippen molar-refractivity contribution in [1.29, 1.82) is 0 Å². The van der Waals surface area contributed by atoms with Gasteiger partial charge in [0.15, 0.2) is 23.9 Å². The summed E-state index contributed by atoms with van der Waals surface area (Å²) in [5.74, 6) is -0.0227. The number of ether oxygens (including phenoxy) is 1. The monoisotopic (exact) mass is 538 g/mol. The Hall–Kier alpha value is -1.43. The van der Waals surface area contributed by atoms with Crippen molar-refractivity contribution >= 4 is 40.4 Å². The molecule has 186 valence electrons. The minimum Gasteiger partial charge on any atom is -0.387 e. The Morgan fingerprint density at radius 2 is 1.82 bits per heavy atom. The Kier molecular flexibility index (Phi) is 7.12. The second kappa shape index (κ2) is 8.98. The maximum Gasteiger partial charge on any atom is 0.490 e. The molecule has 1 aliphatic heterocycles. The van der Waals surface area contributed by atoms with Gasteiger partial charge in [-0.15, -0.1) is 0 Å². The number of nitrogens with two attached hydrogens (primary N) is 2. The fraction of sp³-hybridized carbons (Fsp3) is 0.545. The molecule has 0 aliphatic carbocycles. The highest BCUT2D eigenvalue weighted by molar-refractivity contribution is 7.66. The van der Waals surface area contributed by atoms with Crippen LogP contribution in [0.15, 0.2) is 12.7 Å². The number of anilines is 1. The zero-order valence-electron chi connectivity index (χ0n) is 16.1. The predicted octanol–water partition coefficient (Wildman–Crippen LogP) is -1.32. The van der Waals surface area contributed by atoms with Crippen LogP contribution in [0.5, 0.6) is 0 Å². The normalized spacial score (nSPS) is 29.7. The van der Waals surface area contributed by atoms with Gasteiger partial charge >= 0.3 is 23.5 Å². The molecule has 0 aromatic carbocycles. The first kappa shape index (κ1) is 26.2. The van der Waals surface area contributed by atoms with Gasteiger partial charge in [-0.05, 0) is 0 Å². The molecule has 2 unspecified atom stereocenters. The molecule has 6 atom stereocenters. The lowest BCUT2D eigenvalue weighted by Gasteiger charge is -2.30. The van der Waals surface area contributed by atoms with Crippen LogP contribution in [0.1, 0.15) is 6.23 Å². The van der Waals surface area contributed by atoms with Crippen LogP contribution in [0.2, 0.25) is 0 Å². The van der Waals surface area contributed by atoms with E-state index in [2.05, 4.69) is 28.1 Å². The summed E-state index contributed by atoms with van der Waals surface area (Å²) in [6.07, 6.45) is -3.72. The lowest BCUT2D eigenvalue weighted by molar-refractivity contribution is -0.118. The minimum atomic E-state index is -5.79. The zero-order chi connectivity index (χ0) is 24.8. The van der Waals surface area contributed by atoms with Crippen molar-refractivity contribution in [3.63, 3.8) is 0 Å². The fourth-order valence-corrected chi connectivity index (χ4v) is 6.01. The quantitative estimate of drug-likeness (QED) is 0.182. The Balaban J connectivity index is 1.80. The van der Waals surface area contributed by atoms with Gasteiger partial charge < -0.3 is 40.9 Å². The number of aromatic nitrogens is 4. The molecule has 0 spiro atoms. The summed E-state index contributed by atoms with van der Waals surface area (Å²) in [5.41, 5.74) is 9.17.